The highest BCUT2D eigenvalue weighted by Gasteiger charge is 2.25. The minimum Gasteiger partial charge on any atom is -0.482 e. The molecule has 0 spiro atoms. The van der Waals surface area contributed by atoms with E-state index >= 15 is 0 Å². The summed E-state index contributed by atoms with van der Waals surface area (Å²) in [7, 11) is 1.34. The number of alkyl halides is 1. The van der Waals surface area contributed by atoms with Crippen LogP contribution >= 0.6 is 11.6 Å². The number of halogens is 1. The Morgan fingerprint density at radius 2 is 2.07 bits per heavy atom. The topological polar surface area (TPSA) is 35.5 Å². The molecule has 0 bridgehead atoms. The molecule has 3 nitrogen and oxygen atoms in total. The third-order valence-corrected chi connectivity index (χ3v) is 2.03. The summed E-state index contributed by atoms with van der Waals surface area (Å²) < 4.78 is 10.0. The third-order valence-electron chi connectivity index (χ3n) is 1.77. The van der Waals surface area contributed by atoms with Crippen molar-refractivity contribution in [1.29, 1.82) is 0 Å². The van der Waals surface area contributed by atoms with E-state index in [0.717, 1.165) is 0 Å². The second kappa shape index (κ2) is 6.71. The molecular formula is C10H17ClO3. The fourth-order valence-corrected chi connectivity index (χ4v) is 1.13. The van der Waals surface area contributed by atoms with Gasteiger partial charge in [0.25, 0.3) is 0 Å². The first-order valence-corrected chi connectivity index (χ1v) is 5.05. The Kier molecular flexibility index (Phi) is 6.37. The van der Waals surface area contributed by atoms with Crippen molar-refractivity contribution >= 4 is 17.6 Å². The first kappa shape index (κ1) is 13.3. The Labute approximate surface area is 90.0 Å². The number of methoxy groups -OCH3 is 1. The lowest BCUT2D eigenvalue weighted by Crippen LogP contribution is -2.30. The van der Waals surface area contributed by atoms with Crippen LogP contribution in [0.4, 0.5) is 0 Å². The number of hydrogen-bond acceptors (Lipinski definition) is 3. The van der Waals surface area contributed by atoms with Gasteiger partial charge in [-0.25, -0.2) is 4.79 Å². The lowest BCUT2D eigenvalue weighted by Gasteiger charge is -2.20. The molecule has 0 aliphatic carbocycles. The Balaban J connectivity index is 4.45. The van der Waals surface area contributed by atoms with E-state index in [4.69, 9.17) is 16.3 Å². The number of allylic oxidation sites excluding steroid dienone is 2. The van der Waals surface area contributed by atoms with Crippen molar-refractivity contribution in [2.45, 2.75) is 26.9 Å². The molecule has 0 aromatic heterocycles. The van der Waals surface area contributed by atoms with Gasteiger partial charge in [-0.15, -0.1) is 11.6 Å². The summed E-state index contributed by atoms with van der Waals surface area (Å²) in [6.45, 7) is 5.60. The van der Waals surface area contributed by atoms with Gasteiger partial charge in [0.1, 0.15) is 5.76 Å². The minimum atomic E-state index is -0.579. The average molecular weight is 221 g/mol. The largest absolute Gasteiger partial charge is 0.482 e. The molecule has 0 aliphatic heterocycles. The Morgan fingerprint density at radius 1 is 1.50 bits per heavy atom. The molecule has 0 aromatic carbocycles. The van der Waals surface area contributed by atoms with Crippen LogP contribution in [0.15, 0.2) is 11.8 Å². The van der Waals surface area contributed by atoms with Gasteiger partial charge in [-0.2, -0.15) is 0 Å². The predicted octanol–water partition coefficient (Wildman–Crippen LogP) is 2.34. The second-order valence-corrected chi connectivity index (χ2v) is 3.46. The van der Waals surface area contributed by atoms with E-state index in [0.29, 0.717) is 5.76 Å². The van der Waals surface area contributed by atoms with Gasteiger partial charge in [-0.3, -0.25) is 0 Å². The van der Waals surface area contributed by atoms with Gasteiger partial charge < -0.3 is 9.47 Å². The molecular weight excluding hydrogens is 204 g/mol. The van der Waals surface area contributed by atoms with Crippen LogP contribution < -0.4 is 0 Å². The number of ether oxygens (including phenoxy) is 2. The maximum absolute atomic E-state index is 11.3. The Hall–Kier alpha value is -0.700. The molecule has 0 amide bonds. The van der Waals surface area contributed by atoms with E-state index in [1.807, 2.05) is 20.8 Å². The molecule has 1 atom stereocenters. The van der Waals surface area contributed by atoms with E-state index in [-0.39, 0.29) is 17.8 Å². The van der Waals surface area contributed by atoms with Crippen molar-refractivity contribution in [2.75, 3.05) is 13.0 Å². The predicted molar refractivity (Wildman–Crippen MR) is 56.2 cm³/mol. The van der Waals surface area contributed by atoms with E-state index < -0.39 is 6.10 Å². The van der Waals surface area contributed by atoms with E-state index in [2.05, 4.69) is 4.74 Å². The van der Waals surface area contributed by atoms with Crippen LogP contribution in [0.1, 0.15) is 20.8 Å². The van der Waals surface area contributed by atoms with E-state index in [1.165, 1.54) is 7.11 Å². The van der Waals surface area contributed by atoms with Crippen LogP contribution in [0.2, 0.25) is 0 Å². The molecule has 0 heterocycles. The summed E-state index contributed by atoms with van der Waals surface area (Å²) in [5.41, 5.74) is 0. The van der Waals surface area contributed by atoms with Crippen molar-refractivity contribution < 1.29 is 14.3 Å². The molecule has 0 saturated heterocycles. The van der Waals surface area contributed by atoms with Crippen molar-refractivity contribution in [3.63, 3.8) is 0 Å². The van der Waals surface area contributed by atoms with Crippen LogP contribution in [-0.4, -0.2) is 25.1 Å². The molecule has 0 rings (SSSR count). The number of hydrogen-bond donors (Lipinski definition) is 0. The molecule has 4 heteroatoms. The first-order valence-electron chi connectivity index (χ1n) is 4.52. The molecule has 0 fully saturated rings. The third kappa shape index (κ3) is 4.01. The van der Waals surface area contributed by atoms with Gasteiger partial charge in [0.2, 0.25) is 0 Å². The number of carbonyl (C=O) groups is 1. The highest BCUT2D eigenvalue weighted by atomic mass is 35.5. The van der Waals surface area contributed by atoms with Gasteiger partial charge in [0.05, 0.1) is 13.0 Å². The monoisotopic (exact) mass is 220 g/mol. The highest BCUT2D eigenvalue weighted by Crippen LogP contribution is 2.14. The normalized spacial score (nSPS) is 14.0. The smallest absolute Gasteiger partial charge is 0.347 e. The zero-order chi connectivity index (χ0) is 11.1. The molecule has 0 aliphatic rings. The molecule has 0 N–H and O–H groups in total. The molecule has 0 aromatic rings. The summed E-state index contributed by atoms with van der Waals surface area (Å²) in [6.07, 6.45) is 1.16. The van der Waals surface area contributed by atoms with Crippen LogP contribution in [0, 0.1) is 5.92 Å². The molecule has 0 radical (unpaired) electrons. The fourth-order valence-electron chi connectivity index (χ4n) is 0.912. The van der Waals surface area contributed by atoms with E-state index in [9.17, 15) is 4.79 Å². The van der Waals surface area contributed by atoms with E-state index in [1.54, 1.807) is 6.08 Å². The molecule has 82 valence electrons. The number of rotatable bonds is 5. The van der Waals surface area contributed by atoms with Crippen LogP contribution in [-0.2, 0) is 14.3 Å². The quantitative estimate of drug-likeness (QED) is 0.405. The lowest BCUT2D eigenvalue weighted by atomic mass is 10.1. The maximum Gasteiger partial charge on any atom is 0.347 e. The molecule has 0 saturated carbocycles. The van der Waals surface area contributed by atoms with Crippen LogP contribution in [0.25, 0.3) is 0 Å². The van der Waals surface area contributed by atoms with Crippen LogP contribution in [0.5, 0.6) is 0 Å². The Bertz CT molecular complexity index is 211. The number of carbonyl (C=O) groups excluding carboxylic acids is 1. The zero-order valence-corrected chi connectivity index (χ0v) is 9.80. The van der Waals surface area contributed by atoms with Crippen molar-refractivity contribution in [1.82, 2.24) is 0 Å². The SMILES string of the molecule is CC=C(CCl)OC(C(=O)OC)C(C)C. The van der Waals surface area contributed by atoms with Gasteiger partial charge in [-0.05, 0) is 13.0 Å². The standard InChI is InChI=1S/C10H17ClO3/c1-5-8(6-11)14-9(7(2)3)10(12)13-4/h5,7,9H,6H2,1-4H3. The van der Waals surface area contributed by atoms with Gasteiger partial charge in [0.15, 0.2) is 6.10 Å². The summed E-state index contributed by atoms with van der Waals surface area (Å²) in [5, 5.41) is 0. The van der Waals surface area contributed by atoms with Gasteiger partial charge in [0, 0.05) is 5.92 Å². The van der Waals surface area contributed by atoms with Crippen LogP contribution in [0.3, 0.4) is 0 Å². The second-order valence-electron chi connectivity index (χ2n) is 3.19. The lowest BCUT2D eigenvalue weighted by molar-refractivity contribution is -0.154. The average Bonchev–Trinajstić information content (AvgIpc) is 2.18. The summed E-state index contributed by atoms with van der Waals surface area (Å²) in [6, 6.07) is 0. The van der Waals surface area contributed by atoms with Crippen molar-refractivity contribution in [3.8, 4) is 0 Å². The number of esters is 1. The van der Waals surface area contributed by atoms with Gasteiger partial charge >= 0.3 is 5.97 Å². The summed E-state index contributed by atoms with van der Waals surface area (Å²) in [4.78, 5) is 11.3. The maximum atomic E-state index is 11.3. The molecule has 1 unspecified atom stereocenters. The van der Waals surface area contributed by atoms with Gasteiger partial charge in [-0.1, -0.05) is 13.8 Å². The fraction of sp³-hybridized carbons (Fsp3) is 0.700. The Morgan fingerprint density at radius 3 is 2.36 bits per heavy atom. The zero-order valence-electron chi connectivity index (χ0n) is 9.04. The highest BCUT2D eigenvalue weighted by molar-refractivity contribution is 6.19. The van der Waals surface area contributed by atoms with Crippen molar-refractivity contribution in [2.24, 2.45) is 5.92 Å². The minimum absolute atomic E-state index is 0.0561. The van der Waals surface area contributed by atoms with Crippen molar-refractivity contribution in [3.05, 3.63) is 11.8 Å². The summed E-state index contributed by atoms with van der Waals surface area (Å²) in [5.74, 6) is 0.539. The summed E-state index contributed by atoms with van der Waals surface area (Å²) >= 11 is 5.62. The molecule has 14 heavy (non-hydrogen) atoms. The first-order chi connectivity index (χ1) is 6.56.